The highest BCUT2D eigenvalue weighted by atomic mass is 32.1. The molecule has 0 saturated heterocycles. The normalized spacial score (nSPS) is 13.9. The zero-order chi connectivity index (χ0) is 15.1. The summed E-state index contributed by atoms with van der Waals surface area (Å²) < 4.78 is 11.7. The third-order valence-electron chi connectivity index (χ3n) is 3.41. The minimum atomic E-state index is -0.0469. The van der Waals surface area contributed by atoms with Gasteiger partial charge in [0.15, 0.2) is 0 Å². The van der Waals surface area contributed by atoms with E-state index >= 15 is 0 Å². The summed E-state index contributed by atoms with van der Waals surface area (Å²) in [4.78, 5) is 1.23. The fraction of sp³-hybridized carbons (Fsp3) is 0.412. The monoisotopic (exact) mass is 305 g/mol. The number of ether oxygens (including phenoxy) is 2. The number of nitrogens with two attached hydrogens (primary N) is 1. The highest BCUT2D eigenvalue weighted by molar-refractivity contribution is 7.10. The van der Waals surface area contributed by atoms with Crippen molar-refractivity contribution in [1.29, 1.82) is 0 Å². The van der Waals surface area contributed by atoms with Crippen LogP contribution < -0.4 is 10.5 Å². The van der Waals surface area contributed by atoms with Crippen molar-refractivity contribution < 1.29 is 9.47 Å². The van der Waals surface area contributed by atoms with Crippen molar-refractivity contribution in [2.24, 2.45) is 5.73 Å². The molecule has 0 bridgehead atoms. The van der Waals surface area contributed by atoms with Gasteiger partial charge in [0, 0.05) is 10.9 Å². The number of para-hydroxylation sites is 1. The van der Waals surface area contributed by atoms with Gasteiger partial charge < -0.3 is 15.2 Å². The SMILES string of the molecule is CCC(N)C(OCCOc1ccccc1)c1sccc1C. The van der Waals surface area contributed by atoms with Crippen LogP contribution in [0.4, 0.5) is 0 Å². The number of rotatable bonds is 8. The van der Waals surface area contributed by atoms with E-state index < -0.39 is 0 Å². The molecule has 3 nitrogen and oxygen atoms in total. The van der Waals surface area contributed by atoms with Gasteiger partial charge in [-0.3, -0.25) is 0 Å². The number of hydrogen-bond donors (Lipinski definition) is 1. The largest absolute Gasteiger partial charge is 0.491 e. The fourth-order valence-electron chi connectivity index (χ4n) is 2.14. The molecule has 0 fully saturated rings. The second-order valence-corrected chi connectivity index (χ2v) is 5.94. The van der Waals surface area contributed by atoms with Gasteiger partial charge in [0.25, 0.3) is 0 Å². The van der Waals surface area contributed by atoms with Crippen molar-refractivity contribution in [2.75, 3.05) is 13.2 Å². The lowest BCUT2D eigenvalue weighted by molar-refractivity contribution is 0.0185. The predicted molar refractivity (Wildman–Crippen MR) is 88.0 cm³/mol. The summed E-state index contributed by atoms with van der Waals surface area (Å²) in [5.41, 5.74) is 7.46. The van der Waals surface area contributed by atoms with Gasteiger partial charge in [0.1, 0.15) is 18.5 Å². The number of hydrogen-bond acceptors (Lipinski definition) is 4. The molecule has 1 aromatic heterocycles. The van der Waals surface area contributed by atoms with Crippen LogP contribution in [0.25, 0.3) is 0 Å². The zero-order valence-corrected chi connectivity index (χ0v) is 13.4. The van der Waals surface area contributed by atoms with Crippen molar-refractivity contribution >= 4 is 11.3 Å². The minimum absolute atomic E-state index is 0.0130. The number of aryl methyl sites for hydroxylation is 1. The summed E-state index contributed by atoms with van der Waals surface area (Å²) in [6.45, 7) is 5.25. The van der Waals surface area contributed by atoms with Crippen molar-refractivity contribution in [2.45, 2.75) is 32.4 Å². The summed E-state index contributed by atoms with van der Waals surface area (Å²) >= 11 is 1.71. The molecule has 114 valence electrons. The van der Waals surface area contributed by atoms with E-state index in [0.717, 1.165) is 12.2 Å². The standard InChI is InChI=1S/C17H23NO2S/c1-3-15(18)16(17-13(2)9-12-21-17)20-11-10-19-14-7-5-4-6-8-14/h4-9,12,15-16H,3,10-11,18H2,1-2H3. The molecule has 0 aliphatic carbocycles. The van der Waals surface area contributed by atoms with Gasteiger partial charge in [-0.1, -0.05) is 25.1 Å². The van der Waals surface area contributed by atoms with Gasteiger partial charge in [0.05, 0.1) is 6.61 Å². The molecule has 2 aromatic rings. The maximum atomic E-state index is 6.21. The Balaban J connectivity index is 1.87. The lowest BCUT2D eigenvalue weighted by atomic mass is 10.1. The first-order valence-corrected chi connectivity index (χ1v) is 8.19. The smallest absolute Gasteiger partial charge is 0.119 e. The molecule has 0 aliphatic heterocycles. The minimum Gasteiger partial charge on any atom is -0.491 e. The predicted octanol–water partition coefficient (Wildman–Crippen LogP) is 3.93. The second-order valence-electron chi connectivity index (χ2n) is 4.99. The van der Waals surface area contributed by atoms with E-state index in [1.807, 2.05) is 30.3 Å². The molecular formula is C17H23NO2S. The quantitative estimate of drug-likeness (QED) is 0.752. The Labute approximate surface area is 130 Å². The van der Waals surface area contributed by atoms with Crippen LogP contribution in [0.1, 0.15) is 29.9 Å². The van der Waals surface area contributed by atoms with E-state index in [1.165, 1.54) is 10.4 Å². The van der Waals surface area contributed by atoms with Gasteiger partial charge in [0.2, 0.25) is 0 Å². The fourth-order valence-corrected chi connectivity index (χ4v) is 3.18. The van der Waals surface area contributed by atoms with Gasteiger partial charge in [-0.2, -0.15) is 0 Å². The third-order valence-corrected chi connectivity index (χ3v) is 4.49. The molecular weight excluding hydrogens is 282 g/mol. The molecule has 0 aliphatic rings. The van der Waals surface area contributed by atoms with Crippen LogP contribution in [0, 0.1) is 6.92 Å². The molecule has 1 heterocycles. The summed E-state index contributed by atoms with van der Waals surface area (Å²) in [5, 5.41) is 2.09. The van der Waals surface area contributed by atoms with E-state index in [1.54, 1.807) is 11.3 Å². The average molecular weight is 305 g/mol. The molecule has 2 rings (SSSR count). The molecule has 2 atom stereocenters. The van der Waals surface area contributed by atoms with Crippen molar-refractivity contribution in [1.82, 2.24) is 0 Å². The van der Waals surface area contributed by atoms with Gasteiger partial charge in [-0.05, 0) is 42.5 Å². The van der Waals surface area contributed by atoms with Crippen LogP contribution in [0.2, 0.25) is 0 Å². The Bertz CT molecular complexity index is 527. The highest BCUT2D eigenvalue weighted by Crippen LogP contribution is 2.29. The van der Waals surface area contributed by atoms with Crippen LogP contribution in [0.15, 0.2) is 41.8 Å². The third kappa shape index (κ3) is 4.56. The molecule has 4 heteroatoms. The van der Waals surface area contributed by atoms with Crippen molar-refractivity contribution in [3.63, 3.8) is 0 Å². The van der Waals surface area contributed by atoms with E-state index in [2.05, 4.69) is 25.3 Å². The Morgan fingerprint density at radius 2 is 1.90 bits per heavy atom. The van der Waals surface area contributed by atoms with Gasteiger partial charge in [-0.25, -0.2) is 0 Å². The maximum absolute atomic E-state index is 6.21. The van der Waals surface area contributed by atoms with Gasteiger partial charge >= 0.3 is 0 Å². The molecule has 1 aromatic carbocycles. The Hall–Kier alpha value is -1.36. The molecule has 0 radical (unpaired) electrons. The summed E-state index contributed by atoms with van der Waals surface area (Å²) in [7, 11) is 0. The molecule has 2 N–H and O–H groups in total. The van der Waals surface area contributed by atoms with Gasteiger partial charge in [-0.15, -0.1) is 11.3 Å². The van der Waals surface area contributed by atoms with Crippen LogP contribution in [-0.2, 0) is 4.74 Å². The Morgan fingerprint density at radius 1 is 1.14 bits per heavy atom. The van der Waals surface area contributed by atoms with Crippen LogP contribution in [-0.4, -0.2) is 19.3 Å². The second kappa shape index (κ2) is 8.17. The first kappa shape index (κ1) is 16.0. The molecule has 0 amide bonds. The van der Waals surface area contributed by atoms with Crippen LogP contribution >= 0.6 is 11.3 Å². The zero-order valence-electron chi connectivity index (χ0n) is 12.6. The number of thiophene rings is 1. The topological polar surface area (TPSA) is 44.5 Å². The maximum Gasteiger partial charge on any atom is 0.119 e. The average Bonchev–Trinajstić information content (AvgIpc) is 2.93. The number of benzene rings is 1. The van der Waals surface area contributed by atoms with Crippen molar-refractivity contribution in [3.8, 4) is 5.75 Å². The Kier molecular flexibility index (Phi) is 6.23. The van der Waals surface area contributed by atoms with E-state index in [0.29, 0.717) is 13.2 Å². The van der Waals surface area contributed by atoms with Crippen LogP contribution in [0.5, 0.6) is 5.75 Å². The first-order chi connectivity index (χ1) is 10.2. The molecule has 0 spiro atoms. The highest BCUT2D eigenvalue weighted by Gasteiger charge is 2.22. The first-order valence-electron chi connectivity index (χ1n) is 7.31. The van der Waals surface area contributed by atoms with E-state index in [9.17, 15) is 0 Å². The molecule has 2 unspecified atom stereocenters. The lowest BCUT2D eigenvalue weighted by Crippen LogP contribution is -2.30. The summed E-state index contributed by atoms with van der Waals surface area (Å²) in [5.74, 6) is 0.866. The molecule has 0 saturated carbocycles. The van der Waals surface area contributed by atoms with Crippen LogP contribution in [0.3, 0.4) is 0 Å². The van der Waals surface area contributed by atoms with Crippen molar-refractivity contribution in [3.05, 3.63) is 52.2 Å². The molecule has 21 heavy (non-hydrogen) atoms. The summed E-state index contributed by atoms with van der Waals surface area (Å²) in [6.07, 6.45) is 0.844. The summed E-state index contributed by atoms with van der Waals surface area (Å²) in [6, 6.07) is 11.9. The van der Waals surface area contributed by atoms with E-state index in [-0.39, 0.29) is 12.1 Å². The Morgan fingerprint density at radius 3 is 2.52 bits per heavy atom. The van der Waals surface area contributed by atoms with E-state index in [4.69, 9.17) is 15.2 Å². The lowest BCUT2D eigenvalue weighted by Gasteiger charge is -2.23.